The summed E-state index contributed by atoms with van der Waals surface area (Å²) in [6, 6.07) is 8.46. The molecule has 0 fully saturated rings. The predicted molar refractivity (Wildman–Crippen MR) is 67.5 cm³/mol. The van der Waals surface area contributed by atoms with Gasteiger partial charge in [-0.3, -0.25) is 9.36 Å². The molecule has 0 aliphatic rings. The SMILES string of the molecule is [2H]C([2H])([2H])c1ccc(-n2cc(C([2H])([2H])OC)ccc2=O)cc1. The van der Waals surface area contributed by atoms with Crippen molar-refractivity contribution in [3.8, 4) is 5.69 Å². The van der Waals surface area contributed by atoms with Crippen molar-refractivity contribution in [1.82, 2.24) is 4.57 Å². The van der Waals surface area contributed by atoms with Crippen molar-refractivity contribution in [2.24, 2.45) is 0 Å². The summed E-state index contributed by atoms with van der Waals surface area (Å²) in [6.07, 6.45) is 1.34. The monoisotopic (exact) mass is 234 g/mol. The molecule has 3 nitrogen and oxygen atoms in total. The molecule has 0 aliphatic carbocycles. The summed E-state index contributed by atoms with van der Waals surface area (Å²) in [6.45, 7) is -4.23. The maximum atomic E-state index is 12.0. The zero-order valence-corrected chi connectivity index (χ0v) is 9.31. The molecule has 17 heavy (non-hydrogen) atoms. The van der Waals surface area contributed by atoms with Crippen LogP contribution in [0.2, 0.25) is 0 Å². The first-order valence-corrected chi connectivity index (χ1v) is 5.04. The smallest absolute Gasteiger partial charge is 0.255 e. The molecule has 0 radical (unpaired) electrons. The molecule has 0 saturated carbocycles. The van der Waals surface area contributed by atoms with Crippen LogP contribution in [0.25, 0.3) is 5.69 Å². The van der Waals surface area contributed by atoms with Crippen molar-refractivity contribution in [3.63, 3.8) is 0 Å². The molecule has 0 atom stereocenters. The maximum absolute atomic E-state index is 12.0. The molecule has 0 spiro atoms. The number of aryl methyl sites for hydroxylation is 1. The lowest BCUT2D eigenvalue weighted by molar-refractivity contribution is 0.184. The fourth-order valence-electron chi connectivity index (χ4n) is 1.49. The molecular formula is C14H15NO2. The zero-order chi connectivity index (χ0) is 16.5. The molecule has 0 unspecified atom stereocenters. The second-order valence-corrected chi connectivity index (χ2v) is 3.48. The van der Waals surface area contributed by atoms with Gasteiger partial charge in [-0.25, -0.2) is 0 Å². The maximum Gasteiger partial charge on any atom is 0.255 e. The van der Waals surface area contributed by atoms with Gasteiger partial charge in [-0.1, -0.05) is 17.7 Å². The Bertz CT molecular complexity index is 719. The first-order chi connectivity index (χ1) is 10.1. The summed E-state index contributed by atoms with van der Waals surface area (Å²) >= 11 is 0. The average molecular weight is 234 g/mol. The Morgan fingerprint density at radius 1 is 1.29 bits per heavy atom. The minimum Gasteiger partial charge on any atom is -0.380 e. The van der Waals surface area contributed by atoms with Crippen LogP contribution in [0.4, 0.5) is 0 Å². The summed E-state index contributed by atoms with van der Waals surface area (Å²) < 4.78 is 43.4. The lowest BCUT2D eigenvalue weighted by atomic mass is 10.2. The molecule has 0 amide bonds. The molecule has 2 aromatic rings. The highest BCUT2D eigenvalue weighted by atomic mass is 16.5. The number of hydrogen-bond donors (Lipinski definition) is 0. The molecule has 1 aromatic carbocycles. The summed E-state index contributed by atoms with van der Waals surface area (Å²) in [5, 5.41) is 0. The third kappa shape index (κ3) is 2.63. The Morgan fingerprint density at radius 3 is 2.71 bits per heavy atom. The third-order valence-electron chi connectivity index (χ3n) is 2.28. The van der Waals surface area contributed by atoms with Crippen LogP contribution in [0.3, 0.4) is 0 Å². The molecule has 3 heteroatoms. The zero-order valence-electron chi connectivity index (χ0n) is 14.3. The highest BCUT2D eigenvalue weighted by Gasteiger charge is 2.01. The molecule has 0 aliphatic heterocycles. The van der Waals surface area contributed by atoms with Gasteiger partial charge in [-0.05, 0) is 30.6 Å². The summed E-state index contributed by atoms with van der Waals surface area (Å²) in [4.78, 5) is 12.0. The van der Waals surface area contributed by atoms with Gasteiger partial charge in [-0.15, -0.1) is 0 Å². The number of benzene rings is 1. The Balaban J connectivity index is 2.49. The van der Waals surface area contributed by atoms with Crippen molar-refractivity contribution in [3.05, 3.63) is 64.1 Å². The van der Waals surface area contributed by atoms with Crippen LogP contribution in [0, 0.1) is 6.85 Å². The minimum atomic E-state index is -2.21. The fraction of sp³-hybridized carbons (Fsp3) is 0.214. The van der Waals surface area contributed by atoms with Gasteiger partial charge in [-0.2, -0.15) is 0 Å². The van der Waals surface area contributed by atoms with Crippen molar-refractivity contribution >= 4 is 0 Å². The number of pyridine rings is 1. The molecular weight excluding hydrogens is 214 g/mol. The largest absolute Gasteiger partial charge is 0.380 e. The van der Waals surface area contributed by atoms with Gasteiger partial charge in [0, 0.05) is 29.2 Å². The third-order valence-corrected chi connectivity index (χ3v) is 2.28. The van der Waals surface area contributed by atoms with Crippen LogP contribution in [0.15, 0.2) is 47.4 Å². The number of methoxy groups -OCH3 is 1. The van der Waals surface area contributed by atoms with Gasteiger partial charge in [0.1, 0.15) is 0 Å². The Morgan fingerprint density at radius 2 is 2.06 bits per heavy atom. The highest BCUT2D eigenvalue weighted by Crippen LogP contribution is 2.08. The van der Waals surface area contributed by atoms with Crippen molar-refractivity contribution < 1.29 is 11.6 Å². The predicted octanol–water partition coefficient (Wildman–Crippen LogP) is 2.29. The van der Waals surface area contributed by atoms with Crippen LogP contribution in [-0.4, -0.2) is 11.7 Å². The van der Waals surface area contributed by atoms with Gasteiger partial charge in [0.15, 0.2) is 0 Å². The normalized spacial score (nSPS) is 16.4. The molecule has 0 bridgehead atoms. The van der Waals surface area contributed by atoms with Crippen LogP contribution in [0.5, 0.6) is 0 Å². The van der Waals surface area contributed by atoms with E-state index in [0.29, 0.717) is 5.69 Å². The van der Waals surface area contributed by atoms with Crippen molar-refractivity contribution in [1.29, 1.82) is 0 Å². The lowest BCUT2D eigenvalue weighted by Gasteiger charge is -2.08. The quantitative estimate of drug-likeness (QED) is 0.816. The van der Waals surface area contributed by atoms with E-state index in [9.17, 15) is 4.79 Å². The average Bonchev–Trinajstić information content (AvgIpc) is 2.47. The Hall–Kier alpha value is -1.87. The summed E-state index contributed by atoms with van der Waals surface area (Å²) in [5.41, 5.74) is 0.464. The summed E-state index contributed by atoms with van der Waals surface area (Å²) in [5.74, 6) is 0. The van der Waals surface area contributed by atoms with Crippen LogP contribution < -0.4 is 5.56 Å². The van der Waals surface area contributed by atoms with Crippen LogP contribution in [-0.2, 0) is 11.3 Å². The molecule has 2 rings (SSSR count). The van der Waals surface area contributed by atoms with E-state index in [1.165, 1.54) is 54.3 Å². The summed E-state index contributed by atoms with van der Waals surface area (Å²) in [7, 11) is 1.24. The van der Waals surface area contributed by atoms with E-state index in [4.69, 9.17) is 11.6 Å². The van der Waals surface area contributed by atoms with Gasteiger partial charge >= 0.3 is 0 Å². The van der Waals surface area contributed by atoms with E-state index < -0.39 is 13.4 Å². The van der Waals surface area contributed by atoms with Gasteiger partial charge in [0.05, 0.1) is 9.30 Å². The molecule has 0 saturated heterocycles. The Kier molecular flexibility index (Phi) is 1.98. The van der Waals surface area contributed by atoms with Crippen molar-refractivity contribution in [2.45, 2.75) is 13.4 Å². The van der Waals surface area contributed by atoms with E-state index in [1.54, 1.807) is 0 Å². The minimum absolute atomic E-state index is 0.174. The first-order valence-electron chi connectivity index (χ1n) is 7.54. The van der Waals surface area contributed by atoms with Crippen molar-refractivity contribution in [2.75, 3.05) is 7.11 Å². The van der Waals surface area contributed by atoms with Gasteiger partial charge < -0.3 is 4.74 Å². The van der Waals surface area contributed by atoms with E-state index in [-0.39, 0.29) is 16.7 Å². The topological polar surface area (TPSA) is 31.2 Å². The number of rotatable bonds is 3. The number of ether oxygens (including phenoxy) is 1. The van der Waals surface area contributed by atoms with Gasteiger partial charge in [0.2, 0.25) is 0 Å². The highest BCUT2D eigenvalue weighted by molar-refractivity contribution is 5.35. The fourth-order valence-corrected chi connectivity index (χ4v) is 1.49. The van der Waals surface area contributed by atoms with E-state index in [1.807, 2.05) is 0 Å². The molecule has 88 valence electrons. The molecule has 1 aromatic heterocycles. The second kappa shape index (κ2) is 4.97. The number of nitrogens with zero attached hydrogens (tertiary/aromatic N) is 1. The number of hydrogen-bond acceptors (Lipinski definition) is 2. The number of aromatic nitrogens is 1. The first kappa shape index (κ1) is 6.77. The lowest BCUT2D eigenvalue weighted by Crippen LogP contribution is -2.17. The molecule has 0 N–H and O–H groups in total. The van der Waals surface area contributed by atoms with E-state index in [2.05, 4.69) is 0 Å². The van der Waals surface area contributed by atoms with E-state index >= 15 is 0 Å². The van der Waals surface area contributed by atoms with Crippen LogP contribution >= 0.6 is 0 Å². The van der Waals surface area contributed by atoms with Gasteiger partial charge in [0.25, 0.3) is 5.56 Å². The second-order valence-electron chi connectivity index (χ2n) is 3.48. The Labute approximate surface area is 107 Å². The van der Waals surface area contributed by atoms with Crippen LogP contribution in [0.1, 0.15) is 18.0 Å². The standard InChI is InChI=1S/C14H15NO2/c1-11-3-6-13(7-4-11)15-9-12(10-17-2)5-8-14(15)16/h3-9H,10H2,1-2H3/i1D3,10D2. The van der Waals surface area contributed by atoms with E-state index in [0.717, 1.165) is 0 Å². The molecule has 1 heterocycles.